The van der Waals surface area contributed by atoms with Crippen molar-refractivity contribution in [2.24, 2.45) is 0 Å². The summed E-state index contributed by atoms with van der Waals surface area (Å²) in [6.45, 7) is 5.15. The summed E-state index contributed by atoms with van der Waals surface area (Å²) in [4.78, 5) is 11.4. The van der Waals surface area contributed by atoms with Crippen LogP contribution in [0, 0.1) is 0 Å². The molecule has 1 atom stereocenters. The van der Waals surface area contributed by atoms with Crippen molar-refractivity contribution in [3.8, 4) is 0 Å². The van der Waals surface area contributed by atoms with E-state index >= 15 is 0 Å². The first-order chi connectivity index (χ1) is 7.26. The monoisotopic (exact) mass is 235 g/mol. The van der Waals surface area contributed by atoms with Gasteiger partial charge in [-0.05, 0) is 25.6 Å². The number of rotatable bonds is 9. The predicted octanol–water partition coefficient (Wildman–Crippen LogP) is 0.643. The fourth-order valence-electron chi connectivity index (χ4n) is 1.07. The van der Waals surface area contributed by atoms with Gasteiger partial charge in [-0.3, -0.25) is 4.79 Å². The van der Waals surface area contributed by atoms with E-state index in [4.69, 9.17) is 9.84 Å². The molecule has 0 aliphatic heterocycles. The quantitative estimate of drug-likeness (QED) is 0.454. The molecule has 0 radical (unpaired) electrons. The summed E-state index contributed by atoms with van der Waals surface area (Å²) in [7, 11) is 0. The number of aliphatic hydroxyl groups is 1. The SMILES string of the molecule is CCNC(CSCCCO)C(=O)OCC. The molecule has 0 rings (SSSR count). The highest BCUT2D eigenvalue weighted by molar-refractivity contribution is 7.99. The number of hydrogen-bond donors (Lipinski definition) is 2. The van der Waals surface area contributed by atoms with Crippen LogP contribution in [0.15, 0.2) is 0 Å². The van der Waals surface area contributed by atoms with E-state index in [-0.39, 0.29) is 18.6 Å². The zero-order chi connectivity index (χ0) is 11.5. The Kier molecular flexibility index (Phi) is 10.1. The second-order valence-corrected chi connectivity index (χ2v) is 4.16. The molecule has 0 aromatic heterocycles. The van der Waals surface area contributed by atoms with Crippen molar-refractivity contribution in [2.45, 2.75) is 26.3 Å². The third kappa shape index (κ3) is 7.64. The van der Waals surface area contributed by atoms with E-state index in [1.54, 1.807) is 18.7 Å². The van der Waals surface area contributed by atoms with Crippen LogP contribution >= 0.6 is 11.8 Å². The Bertz CT molecular complexity index is 167. The fraction of sp³-hybridized carbons (Fsp3) is 0.900. The summed E-state index contributed by atoms with van der Waals surface area (Å²) in [6.07, 6.45) is 0.770. The Labute approximate surface area is 95.8 Å². The van der Waals surface area contributed by atoms with Gasteiger partial charge in [0.05, 0.1) is 6.61 Å². The van der Waals surface area contributed by atoms with Gasteiger partial charge in [-0.1, -0.05) is 6.92 Å². The number of likely N-dealkylation sites (N-methyl/N-ethyl adjacent to an activating group) is 1. The van der Waals surface area contributed by atoms with E-state index in [1.807, 2.05) is 6.92 Å². The van der Waals surface area contributed by atoms with Gasteiger partial charge in [-0.25, -0.2) is 0 Å². The minimum Gasteiger partial charge on any atom is -0.465 e. The van der Waals surface area contributed by atoms with Gasteiger partial charge in [0.2, 0.25) is 0 Å². The summed E-state index contributed by atoms with van der Waals surface area (Å²) in [5.41, 5.74) is 0. The van der Waals surface area contributed by atoms with Crippen molar-refractivity contribution in [3.63, 3.8) is 0 Å². The van der Waals surface area contributed by atoms with Crippen LogP contribution in [-0.2, 0) is 9.53 Å². The summed E-state index contributed by atoms with van der Waals surface area (Å²) < 4.78 is 4.95. The fourth-order valence-corrected chi connectivity index (χ4v) is 2.06. The minimum absolute atomic E-state index is 0.184. The van der Waals surface area contributed by atoms with Gasteiger partial charge in [0.15, 0.2) is 0 Å². The molecule has 4 nitrogen and oxygen atoms in total. The van der Waals surface area contributed by atoms with Gasteiger partial charge in [0.1, 0.15) is 6.04 Å². The van der Waals surface area contributed by atoms with Crippen LogP contribution in [0.5, 0.6) is 0 Å². The average molecular weight is 235 g/mol. The van der Waals surface area contributed by atoms with Gasteiger partial charge in [-0.2, -0.15) is 11.8 Å². The highest BCUT2D eigenvalue weighted by atomic mass is 32.2. The molecule has 1 unspecified atom stereocenters. The van der Waals surface area contributed by atoms with E-state index in [2.05, 4.69) is 5.32 Å². The molecular weight excluding hydrogens is 214 g/mol. The van der Waals surface area contributed by atoms with Gasteiger partial charge in [0, 0.05) is 12.4 Å². The molecule has 0 saturated heterocycles. The standard InChI is InChI=1S/C10H21NO3S/c1-3-11-9(10(13)14-4-2)8-15-7-5-6-12/h9,11-12H,3-8H2,1-2H3. The van der Waals surface area contributed by atoms with Crippen LogP contribution in [0.4, 0.5) is 0 Å². The van der Waals surface area contributed by atoms with Crippen LogP contribution < -0.4 is 5.32 Å². The molecule has 0 aromatic rings. The zero-order valence-electron chi connectivity index (χ0n) is 9.49. The average Bonchev–Trinajstić information content (AvgIpc) is 2.23. The molecule has 2 N–H and O–H groups in total. The van der Waals surface area contributed by atoms with Crippen molar-refractivity contribution in [1.82, 2.24) is 5.32 Å². The molecule has 5 heteroatoms. The highest BCUT2D eigenvalue weighted by Crippen LogP contribution is 2.06. The smallest absolute Gasteiger partial charge is 0.323 e. The first-order valence-electron chi connectivity index (χ1n) is 5.34. The van der Waals surface area contributed by atoms with E-state index in [0.717, 1.165) is 18.7 Å². The largest absolute Gasteiger partial charge is 0.465 e. The molecule has 0 heterocycles. The van der Waals surface area contributed by atoms with E-state index in [0.29, 0.717) is 12.4 Å². The maximum Gasteiger partial charge on any atom is 0.323 e. The Morgan fingerprint density at radius 3 is 2.80 bits per heavy atom. The summed E-state index contributed by atoms with van der Waals surface area (Å²) >= 11 is 1.66. The summed E-state index contributed by atoms with van der Waals surface area (Å²) in [6, 6.07) is -0.223. The number of ether oxygens (including phenoxy) is 1. The molecule has 0 aliphatic rings. The summed E-state index contributed by atoms with van der Waals surface area (Å²) in [5, 5.41) is 11.7. The van der Waals surface area contributed by atoms with Gasteiger partial charge in [-0.15, -0.1) is 0 Å². The Morgan fingerprint density at radius 1 is 1.53 bits per heavy atom. The van der Waals surface area contributed by atoms with Crippen molar-refractivity contribution < 1.29 is 14.6 Å². The Hall–Kier alpha value is -0.260. The van der Waals surface area contributed by atoms with E-state index in [9.17, 15) is 4.79 Å². The van der Waals surface area contributed by atoms with Crippen LogP contribution in [0.1, 0.15) is 20.3 Å². The summed E-state index contributed by atoms with van der Waals surface area (Å²) in [5.74, 6) is 1.39. The lowest BCUT2D eigenvalue weighted by molar-refractivity contribution is -0.144. The lowest BCUT2D eigenvalue weighted by Crippen LogP contribution is -2.40. The number of carbonyl (C=O) groups excluding carboxylic acids is 1. The van der Waals surface area contributed by atoms with Crippen LogP contribution in [0.3, 0.4) is 0 Å². The number of thioether (sulfide) groups is 1. The number of hydrogen-bond acceptors (Lipinski definition) is 5. The van der Waals surface area contributed by atoms with Crippen LogP contribution in [0.25, 0.3) is 0 Å². The second-order valence-electron chi connectivity index (χ2n) is 3.01. The molecule has 0 fully saturated rings. The third-order valence-corrected chi connectivity index (χ3v) is 2.90. The molecule has 0 aromatic carbocycles. The molecule has 0 amide bonds. The van der Waals surface area contributed by atoms with Crippen molar-refractivity contribution in [2.75, 3.05) is 31.3 Å². The number of esters is 1. The number of carbonyl (C=O) groups is 1. The maximum atomic E-state index is 11.4. The maximum absolute atomic E-state index is 11.4. The van der Waals surface area contributed by atoms with Gasteiger partial charge in [0.25, 0.3) is 0 Å². The molecule has 0 spiro atoms. The number of aliphatic hydroxyl groups excluding tert-OH is 1. The Morgan fingerprint density at radius 2 is 2.27 bits per heavy atom. The molecule has 15 heavy (non-hydrogen) atoms. The first kappa shape index (κ1) is 14.7. The minimum atomic E-state index is -0.223. The van der Waals surface area contributed by atoms with Crippen molar-refractivity contribution in [1.29, 1.82) is 0 Å². The second kappa shape index (κ2) is 10.3. The van der Waals surface area contributed by atoms with Crippen LogP contribution in [0.2, 0.25) is 0 Å². The molecular formula is C10H21NO3S. The highest BCUT2D eigenvalue weighted by Gasteiger charge is 2.17. The first-order valence-corrected chi connectivity index (χ1v) is 6.50. The van der Waals surface area contributed by atoms with Gasteiger partial charge < -0.3 is 15.2 Å². The lowest BCUT2D eigenvalue weighted by Gasteiger charge is -2.15. The third-order valence-electron chi connectivity index (χ3n) is 1.75. The van der Waals surface area contributed by atoms with E-state index < -0.39 is 0 Å². The molecule has 0 aliphatic carbocycles. The van der Waals surface area contributed by atoms with Crippen molar-refractivity contribution >= 4 is 17.7 Å². The molecule has 0 bridgehead atoms. The van der Waals surface area contributed by atoms with Crippen molar-refractivity contribution in [3.05, 3.63) is 0 Å². The van der Waals surface area contributed by atoms with Gasteiger partial charge >= 0.3 is 5.97 Å². The van der Waals surface area contributed by atoms with E-state index in [1.165, 1.54) is 0 Å². The normalized spacial score (nSPS) is 12.5. The zero-order valence-corrected chi connectivity index (χ0v) is 10.3. The predicted molar refractivity (Wildman–Crippen MR) is 63.1 cm³/mol. The molecule has 90 valence electrons. The lowest BCUT2D eigenvalue weighted by atomic mass is 10.3. The topological polar surface area (TPSA) is 58.6 Å². The molecule has 0 saturated carbocycles. The Balaban J connectivity index is 3.76. The van der Waals surface area contributed by atoms with Crippen LogP contribution in [-0.4, -0.2) is 48.4 Å². The number of nitrogens with one attached hydrogen (secondary N) is 1.